The normalized spacial score (nSPS) is 15.6. The molecular weight excluding hydrogens is 444 g/mol. The van der Waals surface area contributed by atoms with E-state index in [0.717, 1.165) is 55.4 Å². The lowest BCUT2D eigenvalue weighted by Gasteiger charge is -2.34. The van der Waals surface area contributed by atoms with Crippen molar-refractivity contribution in [2.24, 2.45) is 5.92 Å². The molecule has 7 nitrogen and oxygen atoms in total. The van der Waals surface area contributed by atoms with Gasteiger partial charge in [0.15, 0.2) is 0 Å². The number of hydrogen-bond donors (Lipinski definition) is 0. The number of hydrogen-bond acceptors (Lipinski definition) is 5. The molecule has 1 fully saturated rings. The van der Waals surface area contributed by atoms with E-state index in [-0.39, 0.29) is 5.56 Å². The van der Waals surface area contributed by atoms with Gasteiger partial charge in [-0.3, -0.25) is 14.1 Å². The van der Waals surface area contributed by atoms with Gasteiger partial charge in [0.1, 0.15) is 0 Å². The Morgan fingerprint density at radius 2 is 1.65 bits per heavy atom. The third-order valence-electron chi connectivity index (χ3n) is 6.78. The number of para-hydroxylation sites is 2. The van der Waals surface area contributed by atoms with Gasteiger partial charge in [-0.2, -0.15) is 0 Å². The van der Waals surface area contributed by atoms with Crippen LogP contribution in [0.15, 0.2) is 53.3 Å². The van der Waals surface area contributed by atoms with Crippen molar-refractivity contribution < 1.29 is 0 Å². The van der Waals surface area contributed by atoms with Crippen molar-refractivity contribution in [3.05, 3.63) is 69.2 Å². The van der Waals surface area contributed by atoms with Crippen LogP contribution in [0.1, 0.15) is 25.8 Å². The highest BCUT2D eigenvalue weighted by Crippen LogP contribution is 2.20. The highest BCUT2D eigenvalue weighted by molar-refractivity contribution is 7.71. The Kier molecular flexibility index (Phi) is 6.38. The zero-order valence-electron chi connectivity index (χ0n) is 20.1. The first-order chi connectivity index (χ1) is 16.4. The molecule has 178 valence electrons. The van der Waals surface area contributed by atoms with Gasteiger partial charge in [-0.25, -0.2) is 9.25 Å². The van der Waals surface area contributed by atoms with Crippen molar-refractivity contribution in [3.8, 4) is 5.69 Å². The van der Waals surface area contributed by atoms with Crippen molar-refractivity contribution in [2.45, 2.75) is 33.9 Å². The number of aromatic nitrogens is 4. The summed E-state index contributed by atoms with van der Waals surface area (Å²) >= 11 is 5.91. The summed E-state index contributed by atoms with van der Waals surface area (Å²) in [5.41, 5.74) is 2.55. The van der Waals surface area contributed by atoms with Crippen molar-refractivity contribution in [1.29, 1.82) is 0 Å². The lowest BCUT2D eigenvalue weighted by Crippen LogP contribution is -2.47. The minimum atomic E-state index is -0.0803. The van der Waals surface area contributed by atoms with E-state index in [1.54, 1.807) is 4.57 Å². The van der Waals surface area contributed by atoms with Gasteiger partial charge in [0.2, 0.25) is 10.5 Å². The highest BCUT2D eigenvalue weighted by Gasteiger charge is 2.21. The summed E-state index contributed by atoms with van der Waals surface area (Å²) in [6, 6.07) is 15.5. The second-order valence-electron chi connectivity index (χ2n) is 9.65. The van der Waals surface area contributed by atoms with Crippen LogP contribution >= 0.6 is 12.2 Å². The molecule has 0 aliphatic carbocycles. The van der Waals surface area contributed by atoms with E-state index in [9.17, 15) is 4.79 Å². The zero-order valence-corrected chi connectivity index (χ0v) is 21.0. The van der Waals surface area contributed by atoms with Crippen LogP contribution < -0.4 is 5.56 Å². The van der Waals surface area contributed by atoms with Gasteiger partial charge < -0.3 is 4.90 Å². The van der Waals surface area contributed by atoms with E-state index in [1.165, 1.54) is 6.42 Å². The van der Waals surface area contributed by atoms with Crippen LogP contribution in [0.3, 0.4) is 0 Å². The fraction of sp³-hybridized carbons (Fsp3) is 0.423. The standard InChI is InChI=1S/C26H32N6OS/c1-19(2)12-13-28-14-16-29(17-15-28)18-30-26(34)32-23-11-7-5-9-21(23)24(33)31(25(32)27-30)22-10-6-4-8-20(22)3/h4-11,19H,12-18H2,1-3H3. The monoisotopic (exact) mass is 476 g/mol. The molecule has 1 saturated heterocycles. The molecule has 0 unspecified atom stereocenters. The minimum absolute atomic E-state index is 0.0803. The highest BCUT2D eigenvalue weighted by atomic mass is 32.1. The van der Waals surface area contributed by atoms with Crippen molar-refractivity contribution in [3.63, 3.8) is 0 Å². The SMILES string of the molecule is Cc1ccccc1-n1c(=O)c2ccccc2n2c(=S)n(CN3CCN(CCC(C)C)CC3)nc12. The molecule has 8 heteroatoms. The topological polar surface area (TPSA) is 50.7 Å². The van der Waals surface area contributed by atoms with E-state index >= 15 is 0 Å². The van der Waals surface area contributed by atoms with Crippen molar-refractivity contribution in [1.82, 2.24) is 28.5 Å². The number of benzene rings is 2. The van der Waals surface area contributed by atoms with Crippen LogP contribution in [0.4, 0.5) is 0 Å². The predicted octanol–water partition coefficient (Wildman–Crippen LogP) is 4.10. The average Bonchev–Trinajstić information content (AvgIpc) is 3.15. The molecule has 1 aliphatic heterocycles. The molecule has 0 spiro atoms. The summed E-state index contributed by atoms with van der Waals surface area (Å²) in [4.78, 5) is 18.5. The predicted molar refractivity (Wildman–Crippen MR) is 139 cm³/mol. The molecule has 1 aliphatic rings. The first kappa shape index (κ1) is 23.0. The summed E-state index contributed by atoms with van der Waals surface area (Å²) in [7, 11) is 0. The number of nitrogens with zero attached hydrogens (tertiary/aromatic N) is 6. The van der Waals surface area contributed by atoms with Crippen molar-refractivity contribution in [2.75, 3.05) is 32.7 Å². The molecule has 0 saturated carbocycles. The van der Waals surface area contributed by atoms with E-state index in [2.05, 4.69) is 23.6 Å². The Morgan fingerprint density at radius 1 is 0.971 bits per heavy atom. The molecule has 2 aromatic heterocycles. The maximum absolute atomic E-state index is 13.6. The molecule has 0 bridgehead atoms. The van der Waals surface area contributed by atoms with Crippen LogP contribution in [0.2, 0.25) is 0 Å². The largest absolute Gasteiger partial charge is 0.301 e. The molecule has 0 amide bonds. The Morgan fingerprint density at radius 3 is 2.38 bits per heavy atom. The van der Waals surface area contributed by atoms with Crippen LogP contribution in [-0.2, 0) is 6.67 Å². The van der Waals surface area contributed by atoms with Gasteiger partial charge in [-0.1, -0.05) is 44.2 Å². The summed E-state index contributed by atoms with van der Waals surface area (Å²) in [5, 5.41) is 5.53. The van der Waals surface area contributed by atoms with Crippen molar-refractivity contribution >= 4 is 28.9 Å². The summed E-state index contributed by atoms with van der Waals surface area (Å²) < 4.78 is 6.12. The number of fused-ring (bicyclic) bond motifs is 3. The second kappa shape index (κ2) is 9.44. The Hall–Kier alpha value is -2.81. The third-order valence-corrected chi connectivity index (χ3v) is 7.17. The molecule has 2 aromatic carbocycles. The molecule has 4 aromatic rings. The fourth-order valence-corrected chi connectivity index (χ4v) is 5.00. The summed E-state index contributed by atoms with van der Waals surface area (Å²) in [6.45, 7) is 12.4. The second-order valence-corrected chi connectivity index (χ2v) is 10.0. The van der Waals surface area contributed by atoms with Crippen LogP contribution in [0, 0.1) is 17.6 Å². The first-order valence-corrected chi connectivity index (χ1v) is 12.5. The Balaban J connectivity index is 1.55. The molecular formula is C26H32N6OS. The van der Waals surface area contributed by atoms with E-state index in [4.69, 9.17) is 17.3 Å². The minimum Gasteiger partial charge on any atom is -0.301 e. The molecule has 0 N–H and O–H groups in total. The van der Waals surface area contributed by atoms with Crippen LogP contribution in [-0.4, -0.2) is 61.3 Å². The quantitative estimate of drug-likeness (QED) is 0.392. The lowest BCUT2D eigenvalue weighted by molar-refractivity contribution is 0.0995. The molecule has 34 heavy (non-hydrogen) atoms. The van der Waals surface area contributed by atoms with Gasteiger partial charge >= 0.3 is 0 Å². The molecule has 3 heterocycles. The van der Waals surface area contributed by atoms with E-state index in [0.29, 0.717) is 22.6 Å². The number of piperazine rings is 1. The van der Waals surface area contributed by atoms with Gasteiger partial charge in [0, 0.05) is 26.2 Å². The fourth-order valence-electron chi connectivity index (χ4n) is 4.72. The zero-order chi connectivity index (χ0) is 23.8. The van der Waals surface area contributed by atoms with E-state index < -0.39 is 0 Å². The summed E-state index contributed by atoms with van der Waals surface area (Å²) in [6.07, 6.45) is 1.24. The third kappa shape index (κ3) is 4.21. The van der Waals surface area contributed by atoms with Gasteiger partial charge in [0.25, 0.3) is 5.56 Å². The van der Waals surface area contributed by atoms with Crippen LogP contribution in [0.5, 0.6) is 0 Å². The summed E-state index contributed by atoms with van der Waals surface area (Å²) in [5.74, 6) is 1.29. The lowest BCUT2D eigenvalue weighted by atomic mass is 10.1. The van der Waals surface area contributed by atoms with E-state index in [1.807, 2.05) is 64.5 Å². The number of rotatable bonds is 6. The average molecular weight is 477 g/mol. The Labute approximate surface area is 204 Å². The van der Waals surface area contributed by atoms with Gasteiger partial charge in [-0.15, -0.1) is 5.10 Å². The molecule has 5 rings (SSSR count). The van der Waals surface area contributed by atoms with Gasteiger partial charge in [-0.05, 0) is 61.8 Å². The maximum atomic E-state index is 13.6. The van der Waals surface area contributed by atoms with Crippen LogP contribution in [0.25, 0.3) is 22.4 Å². The smallest absolute Gasteiger partial charge is 0.267 e. The molecule has 0 radical (unpaired) electrons. The maximum Gasteiger partial charge on any atom is 0.267 e. The molecule has 0 atom stereocenters. The first-order valence-electron chi connectivity index (χ1n) is 12.1. The number of aryl methyl sites for hydroxylation is 1. The van der Waals surface area contributed by atoms with Gasteiger partial charge in [0.05, 0.1) is 23.3 Å². The Bertz CT molecular complexity index is 1440.